The third-order valence-electron chi connectivity index (χ3n) is 6.70. The number of phenolic OH excluding ortho intramolecular Hbond substituents is 1. The van der Waals surface area contributed by atoms with Gasteiger partial charge in [0.25, 0.3) is 0 Å². The number of aromatic hydroxyl groups is 1. The van der Waals surface area contributed by atoms with Crippen LogP contribution in [0.3, 0.4) is 0 Å². The first-order valence-corrected chi connectivity index (χ1v) is 13.0. The highest BCUT2D eigenvalue weighted by Gasteiger charge is 2.21. The van der Waals surface area contributed by atoms with Crippen LogP contribution < -0.4 is 10.3 Å². The van der Waals surface area contributed by atoms with Gasteiger partial charge in [0.05, 0.1) is 12.0 Å². The normalized spacial score (nSPS) is 12.8. The molecule has 1 aliphatic carbocycles. The number of hydrogen-bond acceptors (Lipinski definition) is 7. The van der Waals surface area contributed by atoms with Crippen LogP contribution in [0.2, 0.25) is 0 Å². The van der Waals surface area contributed by atoms with Gasteiger partial charge in [0.15, 0.2) is 17.4 Å². The average Bonchev–Trinajstić information content (AvgIpc) is 2.93. The first-order chi connectivity index (χ1) is 18.5. The smallest absolute Gasteiger partial charge is 0.331 e. The van der Waals surface area contributed by atoms with Crippen molar-refractivity contribution < 1.29 is 19.1 Å². The molecule has 0 spiro atoms. The molecule has 1 heterocycles. The maximum absolute atomic E-state index is 12.9. The van der Waals surface area contributed by atoms with E-state index >= 15 is 0 Å². The lowest BCUT2D eigenvalue weighted by molar-refractivity contribution is -0.144. The minimum Gasteiger partial charge on any atom is -0.508 e. The number of phenols is 1. The van der Waals surface area contributed by atoms with Crippen molar-refractivity contribution in [1.29, 1.82) is 0 Å². The molecule has 2 aliphatic rings. The Hall–Kier alpha value is -4.39. The molecule has 1 aliphatic heterocycles. The number of carbonyl (C=O) groups is 1. The number of aromatic nitrogens is 1. The minimum atomic E-state index is -0.761. The summed E-state index contributed by atoms with van der Waals surface area (Å²) in [6.07, 6.45) is 0.339. The number of rotatable bonds is 8. The van der Waals surface area contributed by atoms with Gasteiger partial charge in [0.2, 0.25) is 0 Å². The van der Waals surface area contributed by atoms with Gasteiger partial charge >= 0.3 is 5.97 Å². The van der Waals surface area contributed by atoms with Gasteiger partial charge in [0.1, 0.15) is 17.0 Å². The van der Waals surface area contributed by atoms with Crippen molar-refractivity contribution in [2.75, 3.05) is 24.6 Å². The molecule has 0 fully saturated rings. The van der Waals surface area contributed by atoms with E-state index in [1.54, 1.807) is 31.2 Å². The van der Waals surface area contributed by atoms with Gasteiger partial charge in [0, 0.05) is 48.1 Å². The molecule has 7 nitrogen and oxygen atoms in total. The van der Waals surface area contributed by atoms with Crippen molar-refractivity contribution in [1.82, 2.24) is 4.98 Å². The summed E-state index contributed by atoms with van der Waals surface area (Å²) in [4.78, 5) is 25.0. The second kappa shape index (κ2) is 10.9. The topological polar surface area (TPSA) is 88.2 Å². The molecular formula is C31H31N3O4. The van der Waals surface area contributed by atoms with Crippen molar-refractivity contribution in [3.63, 3.8) is 0 Å². The molecule has 5 rings (SSSR count). The second-order valence-electron chi connectivity index (χ2n) is 9.09. The number of carbonyl (C=O) groups excluding carboxylic acids is 1. The van der Waals surface area contributed by atoms with Gasteiger partial charge in [-0.1, -0.05) is 36.4 Å². The summed E-state index contributed by atoms with van der Waals surface area (Å²) in [6, 6.07) is 21.8. The third kappa shape index (κ3) is 5.05. The molecule has 0 aromatic heterocycles. The SMILES string of the molecule is CCOC(=O)C(Cc1ccc(O)cc1)/N=c1/cc2oc3cc(N(CC)CC)ccc3nc-2c2ccccc12. The Morgan fingerprint density at radius 2 is 1.74 bits per heavy atom. The van der Waals surface area contributed by atoms with Crippen molar-refractivity contribution in [2.45, 2.75) is 33.2 Å². The molecule has 3 aromatic rings. The van der Waals surface area contributed by atoms with E-state index in [1.807, 2.05) is 42.5 Å². The Morgan fingerprint density at radius 1 is 1.00 bits per heavy atom. The van der Waals surface area contributed by atoms with Crippen LogP contribution in [0, 0.1) is 0 Å². The molecule has 1 N–H and O–H groups in total. The molecule has 0 saturated carbocycles. The Balaban J connectivity index is 1.69. The van der Waals surface area contributed by atoms with Crippen LogP contribution in [0.5, 0.6) is 5.75 Å². The molecule has 194 valence electrons. The lowest BCUT2D eigenvalue weighted by Gasteiger charge is -2.21. The summed E-state index contributed by atoms with van der Waals surface area (Å²) in [5.41, 5.74) is 4.16. The molecule has 0 saturated heterocycles. The predicted molar refractivity (Wildman–Crippen MR) is 149 cm³/mol. The van der Waals surface area contributed by atoms with E-state index < -0.39 is 12.0 Å². The number of benzene rings is 4. The summed E-state index contributed by atoms with van der Waals surface area (Å²) >= 11 is 0. The monoisotopic (exact) mass is 509 g/mol. The largest absolute Gasteiger partial charge is 0.508 e. The zero-order valence-electron chi connectivity index (χ0n) is 21.8. The Kier molecular flexibility index (Phi) is 7.26. The summed E-state index contributed by atoms with van der Waals surface area (Å²) in [6.45, 7) is 8.09. The summed E-state index contributed by atoms with van der Waals surface area (Å²) in [5.74, 6) is 0.366. The minimum absolute atomic E-state index is 0.171. The molecular weight excluding hydrogens is 478 g/mol. The van der Waals surface area contributed by atoms with E-state index in [1.165, 1.54) is 0 Å². The third-order valence-corrected chi connectivity index (χ3v) is 6.70. The molecule has 7 heteroatoms. The van der Waals surface area contributed by atoms with E-state index in [4.69, 9.17) is 19.1 Å². The van der Waals surface area contributed by atoms with Crippen LogP contribution >= 0.6 is 0 Å². The molecule has 38 heavy (non-hydrogen) atoms. The fourth-order valence-electron chi connectivity index (χ4n) is 4.76. The highest BCUT2D eigenvalue weighted by molar-refractivity contribution is 5.96. The van der Waals surface area contributed by atoms with E-state index in [9.17, 15) is 9.90 Å². The highest BCUT2D eigenvalue weighted by Crippen LogP contribution is 2.31. The Morgan fingerprint density at radius 3 is 2.45 bits per heavy atom. The maximum Gasteiger partial charge on any atom is 0.331 e. The van der Waals surface area contributed by atoms with Crippen molar-refractivity contribution in [3.8, 4) is 17.2 Å². The molecule has 3 aromatic carbocycles. The molecule has 0 radical (unpaired) electrons. The number of hydrogen-bond donors (Lipinski definition) is 1. The van der Waals surface area contributed by atoms with Crippen LogP contribution in [0.4, 0.5) is 5.69 Å². The fourth-order valence-corrected chi connectivity index (χ4v) is 4.76. The van der Waals surface area contributed by atoms with Gasteiger partial charge in [-0.3, -0.25) is 4.99 Å². The van der Waals surface area contributed by atoms with E-state index in [0.717, 1.165) is 46.3 Å². The van der Waals surface area contributed by atoms with Crippen molar-refractivity contribution in [2.24, 2.45) is 4.99 Å². The Bertz CT molecular complexity index is 1620. The number of nitrogens with zero attached hydrogens (tertiary/aromatic N) is 3. The maximum atomic E-state index is 12.9. The summed E-state index contributed by atoms with van der Waals surface area (Å²) < 4.78 is 11.8. The molecule has 0 amide bonds. The number of ether oxygens (including phenoxy) is 1. The van der Waals surface area contributed by atoms with Gasteiger partial charge in [-0.15, -0.1) is 0 Å². The predicted octanol–water partition coefficient (Wildman–Crippen LogP) is 5.71. The zero-order chi connectivity index (χ0) is 26.6. The first kappa shape index (κ1) is 25.3. The first-order valence-electron chi connectivity index (χ1n) is 13.0. The van der Waals surface area contributed by atoms with Crippen LogP contribution in [0.1, 0.15) is 26.3 Å². The second-order valence-corrected chi connectivity index (χ2v) is 9.09. The standard InChI is InChI=1S/C31H31N3O4/c1-4-34(5-2)21-13-16-25-28(18-21)38-29-19-26(23-9-7-8-10-24(23)30(29)33-25)32-27(31(36)37-6-3)17-20-11-14-22(35)15-12-20/h7-16,18-19,27,35H,4-6,17H2,1-3H3/b32-26-. The van der Waals surface area contributed by atoms with Gasteiger partial charge in [-0.2, -0.15) is 0 Å². The zero-order valence-corrected chi connectivity index (χ0v) is 21.8. The van der Waals surface area contributed by atoms with Crippen molar-refractivity contribution >= 4 is 33.5 Å². The number of esters is 1. The van der Waals surface area contributed by atoms with Gasteiger partial charge in [-0.05, 0) is 50.6 Å². The highest BCUT2D eigenvalue weighted by atomic mass is 16.5. The average molecular weight is 510 g/mol. The van der Waals surface area contributed by atoms with E-state index in [0.29, 0.717) is 23.1 Å². The lowest BCUT2D eigenvalue weighted by Crippen LogP contribution is -2.27. The van der Waals surface area contributed by atoms with E-state index in [-0.39, 0.29) is 12.4 Å². The van der Waals surface area contributed by atoms with Crippen LogP contribution in [-0.4, -0.2) is 41.8 Å². The number of fused-ring (bicyclic) bond motifs is 4. The summed E-state index contributed by atoms with van der Waals surface area (Å²) in [5, 5.41) is 12.1. The number of anilines is 1. The van der Waals surface area contributed by atoms with Crippen LogP contribution in [0.25, 0.3) is 33.3 Å². The van der Waals surface area contributed by atoms with E-state index in [2.05, 4.69) is 24.8 Å². The quantitative estimate of drug-likeness (QED) is 0.164. The lowest BCUT2D eigenvalue weighted by atomic mass is 10.0. The molecule has 0 bridgehead atoms. The van der Waals surface area contributed by atoms with Gasteiger partial charge in [-0.25, -0.2) is 9.78 Å². The van der Waals surface area contributed by atoms with Crippen LogP contribution in [-0.2, 0) is 16.0 Å². The Labute approximate surface area is 221 Å². The van der Waals surface area contributed by atoms with Gasteiger partial charge < -0.3 is 19.2 Å². The van der Waals surface area contributed by atoms with Crippen molar-refractivity contribution in [3.05, 3.63) is 83.7 Å². The molecule has 1 atom stereocenters. The summed E-state index contributed by atoms with van der Waals surface area (Å²) in [7, 11) is 0. The van der Waals surface area contributed by atoms with Crippen LogP contribution in [0.15, 0.2) is 82.2 Å². The molecule has 1 unspecified atom stereocenters. The fraction of sp³-hybridized carbons (Fsp3) is 0.258.